The number of hydrogen-bond donors (Lipinski definition) is 1. The molecule has 0 aromatic rings. The second-order valence-corrected chi connectivity index (χ2v) is 8.02. The molecular weight excluding hydrogens is 234 g/mol. The van der Waals surface area contributed by atoms with Crippen molar-refractivity contribution in [3.05, 3.63) is 0 Å². The Morgan fingerprint density at radius 1 is 1.00 bits per heavy atom. The molecule has 0 radical (unpaired) electrons. The lowest BCUT2D eigenvalue weighted by Gasteiger charge is -2.50. The zero-order valence-corrected chi connectivity index (χ0v) is 12.8. The molecule has 2 nitrogen and oxygen atoms in total. The van der Waals surface area contributed by atoms with Crippen LogP contribution in [0.3, 0.4) is 0 Å². The summed E-state index contributed by atoms with van der Waals surface area (Å²) in [5.41, 5.74) is 7.23. The van der Waals surface area contributed by atoms with Crippen molar-refractivity contribution in [2.45, 2.75) is 82.8 Å². The van der Waals surface area contributed by atoms with Crippen molar-refractivity contribution in [2.75, 3.05) is 6.61 Å². The summed E-state index contributed by atoms with van der Waals surface area (Å²) in [6.45, 7) is 5.73. The Morgan fingerprint density at radius 3 is 2.26 bits per heavy atom. The third-order valence-corrected chi connectivity index (χ3v) is 6.08. The maximum atomic E-state index is 6.91. The average Bonchev–Trinajstić information content (AvgIpc) is 2.75. The lowest BCUT2D eigenvalue weighted by atomic mass is 9.63. The van der Waals surface area contributed by atoms with E-state index in [0.717, 1.165) is 18.4 Å². The first-order valence-corrected chi connectivity index (χ1v) is 8.44. The van der Waals surface area contributed by atoms with Crippen LogP contribution in [0.4, 0.5) is 0 Å². The Morgan fingerprint density at radius 2 is 1.63 bits per heavy atom. The topological polar surface area (TPSA) is 35.2 Å². The SMILES string of the molecule is CC1CC(C)CC(N)(C2CCOC3(CCCC3)C2)C1. The molecule has 1 aliphatic heterocycles. The van der Waals surface area contributed by atoms with Crippen LogP contribution in [0, 0.1) is 17.8 Å². The fourth-order valence-corrected chi connectivity index (χ4v) is 5.45. The van der Waals surface area contributed by atoms with E-state index in [-0.39, 0.29) is 11.1 Å². The van der Waals surface area contributed by atoms with Gasteiger partial charge in [0.2, 0.25) is 0 Å². The number of ether oxygens (including phenoxy) is 1. The molecule has 2 saturated carbocycles. The molecule has 3 fully saturated rings. The summed E-state index contributed by atoms with van der Waals surface area (Å²) in [5, 5.41) is 0. The molecule has 1 heterocycles. The van der Waals surface area contributed by atoms with Crippen molar-refractivity contribution in [1.82, 2.24) is 0 Å². The van der Waals surface area contributed by atoms with Gasteiger partial charge in [-0.15, -0.1) is 0 Å². The molecule has 0 amide bonds. The van der Waals surface area contributed by atoms with Crippen LogP contribution in [0.25, 0.3) is 0 Å². The summed E-state index contributed by atoms with van der Waals surface area (Å²) in [6, 6.07) is 0. The maximum absolute atomic E-state index is 6.91. The number of rotatable bonds is 1. The van der Waals surface area contributed by atoms with Crippen LogP contribution in [0.5, 0.6) is 0 Å². The molecule has 2 aliphatic carbocycles. The van der Waals surface area contributed by atoms with E-state index >= 15 is 0 Å². The van der Waals surface area contributed by atoms with E-state index < -0.39 is 0 Å². The second kappa shape index (κ2) is 5.04. The van der Waals surface area contributed by atoms with Gasteiger partial charge >= 0.3 is 0 Å². The Bertz CT molecular complexity index is 311. The quantitative estimate of drug-likeness (QED) is 0.781. The fourth-order valence-electron chi connectivity index (χ4n) is 5.45. The van der Waals surface area contributed by atoms with Crippen LogP contribution < -0.4 is 5.73 Å². The van der Waals surface area contributed by atoms with Gasteiger partial charge in [-0.1, -0.05) is 26.7 Å². The number of hydrogen-bond acceptors (Lipinski definition) is 2. The van der Waals surface area contributed by atoms with Gasteiger partial charge in [0.25, 0.3) is 0 Å². The Labute approximate surface area is 118 Å². The molecule has 1 spiro atoms. The van der Waals surface area contributed by atoms with E-state index in [2.05, 4.69) is 13.8 Å². The second-order valence-electron chi connectivity index (χ2n) is 8.02. The number of nitrogens with two attached hydrogens (primary N) is 1. The lowest BCUT2D eigenvalue weighted by molar-refractivity contribution is -0.111. The minimum Gasteiger partial charge on any atom is -0.375 e. The Balaban J connectivity index is 1.73. The van der Waals surface area contributed by atoms with Crippen molar-refractivity contribution < 1.29 is 4.74 Å². The summed E-state index contributed by atoms with van der Waals surface area (Å²) in [5.74, 6) is 2.30. The predicted octanol–water partition coefficient (Wildman–Crippen LogP) is 3.88. The molecule has 3 aliphatic rings. The molecule has 110 valence electrons. The summed E-state index contributed by atoms with van der Waals surface area (Å²) in [4.78, 5) is 0. The highest BCUT2D eigenvalue weighted by molar-refractivity contribution is 5.02. The molecule has 19 heavy (non-hydrogen) atoms. The Kier molecular flexibility index (Phi) is 3.68. The molecule has 3 rings (SSSR count). The van der Waals surface area contributed by atoms with Gasteiger partial charge in [-0.2, -0.15) is 0 Å². The highest BCUT2D eigenvalue weighted by Crippen LogP contribution is 2.48. The van der Waals surface area contributed by atoms with Crippen LogP contribution in [0.1, 0.15) is 71.6 Å². The van der Waals surface area contributed by atoms with Gasteiger partial charge in [-0.3, -0.25) is 0 Å². The van der Waals surface area contributed by atoms with Gasteiger partial charge in [0.1, 0.15) is 0 Å². The summed E-state index contributed by atoms with van der Waals surface area (Å²) >= 11 is 0. The minimum absolute atomic E-state index is 0.0937. The fraction of sp³-hybridized carbons (Fsp3) is 1.00. The maximum Gasteiger partial charge on any atom is 0.0685 e. The van der Waals surface area contributed by atoms with Crippen LogP contribution in [0.2, 0.25) is 0 Å². The zero-order chi connectivity index (χ0) is 13.5. The van der Waals surface area contributed by atoms with E-state index in [4.69, 9.17) is 10.5 Å². The van der Waals surface area contributed by atoms with E-state index in [9.17, 15) is 0 Å². The van der Waals surface area contributed by atoms with Crippen LogP contribution >= 0.6 is 0 Å². The highest BCUT2D eigenvalue weighted by Gasteiger charge is 2.48. The van der Waals surface area contributed by atoms with Crippen LogP contribution in [-0.4, -0.2) is 17.7 Å². The van der Waals surface area contributed by atoms with Crippen molar-refractivity contribution in [1.29, 1.82) is 0 Å². The van der Waals surface area contributed by atoms with Crippen molar-refractivity contribution in [2.24, 2.45) is 23.5 Å². The molecule has 2 N–H and O–H groups in total. The zero-order valence-electron chi connectivity index (χ0n) is 12.8. The van der Waals surface area contributed by atoms with E-state index in [1.54, 1.807) is 0 Å². The van der Waals surface area contributed by atoms with Crippen LogP contribution in [0.15, 0.2) is 0 Å². The normalized spacial score (nSPS) is 46.6. The minimum atomic E-state index is 0.0937. The first-order valence-electron chi connectivity index (χ1n) is 8.44. The third-order valence-electron chi connectivity index (χ3n) is 6.08. The average molecular weight is 265 g/mol. The Hall–Kier alpha value is -0.0800. The summed E-state index contributed by atoms with van der Waals surface area (Å²) in [6.07, 6.45) is 11.5. The van der Waals surface area contributed by atoms with Gasteiger partial charge in [-0.25, -0.2) is 0 Å². The van der Waals surface area contributed by atoms with Gasteiger partial charge in [0.15, 0.2) is 0 Å². The standard InChI is InChI=1S/C17H31NO/c1-13-9-14(2)11-17(18,10-13)15-5-8-19-16(12-15)6-3-4-7-16/h13-15H,3-12,18H2,1-2H3. The molecule has 0 aromatic heterocycles. The summed E-state index contributed by atoms with van der Waals surface area (Å²) in [7, 11) is 0. The smallest absolute Gasteiger partial charge is 0.0685 e. The van der Waals surface area contributed by atoms with Crippen molar-refractivity contribution in [3.63, 3.8) is 0 Å². The highest BCUT2D eigenvalue weighted by atomic mass is 16.5. The third kappa shape index (κ3) is 2.71. The predicted molar refractivity (Wildman–Crippen MR) is 79.0 cm³/mol. The first kappa shape index (κ1) is 13.9. The molecule has 0 aromatic carbocycles. The molecule has 0 bridgehead atoms. The van der Waals surface area contributed by atoms with Gasteiger partial charge in [-0.05, 0) is 62.7 Å². The largest absolute Gasteiger partial charge is 0.375 e. The van der Waals surface area contributed by atoms with E-state index in [0.29, 0.717) is 5.92 Å². The van der Waals surface area contributed by atoms with Gasteiger partial charge in [0.05, 0.1) is 5.60 Å². The molecule has 3 unspecified atom stereocenters. The van der Waals surface area contributed by atoms with E-state index in [1.807, 2.05) is 0 Å². The molecular formula is C17H31NO. The monoisotopic (exact) mass is 265 g/mol. The molecule has 1 saturated heterocycles. The van der Waals surface area contributed by atoms with Crippen molar-refractivity contribution >= 4 is 0 Å². The molecule has 3 atom stereocenters. The first-order chi connectivity index (χ1) is 9.01. The van der Waals surface area contributed by atoms with E-state index in [1.165, 1.54) is 57.8 Å². The van der Waals surface area contributed by atoms with Crippen molar-refractivity contribution in [3.8, 4) is 0 Å². The summed E-state index contributed by atoms with van der Waals surface area (Å²) < 4.78 is 6.19. The van der Waals surface area contributed by atoms with Crippen LogP contribution in [-0.2, 0) is 4.74 Å². The lowest BCUT2D eigenvalue weighted by Crippen LogP contribution is -2.56. The van der Waals surface area contributed by atoms with Gasteiger partial charge in [0, 0.05) is 12.1 Å². The molecule has 2 heteroatoms. The van der Waals surface area contributed by atoms with Gasteiger partial charge < -0.3 is 10.5 Å².